The lowest BCUT2D eigenvalue weighted by atomic mass is 10.0. The SMILES string of the molecule is COc1ccc2c(c1)OCC(=CO)C2=O. The van der Waals surface area contributed by atoms with E-state index in [0.717, 1.165) is 6.26 Å². The van der Waals surface area contributed by atoms with Crippen LogP contribution >= 0.6 is 0 Å². The Morgan fingerprint density at radius 3 is 3.00 bits per heavy atom. The van der Waals surface area contributed by atoms with E-state index in [1.807, 2.05) is 0 Å². The first kappa shape index (κ1) is 9.58. The van der Waals surface area contributed by atoms with Crippen LogP contribution in [-0.4, -0.2) is 24.6 Å². The number of carbonyl (C=O) groups is 1. The standard InChI is InChI=1S/C11H10O4/c1-14-8-2-3-9-10(4-8)15-6-7(5-12)11(9)13/h2-5,12H,6H2,1H3. The Labute approximate surface area is 86.7 Å². The fourth-order valence-electron chi connectivity index (χ4n) is 1.43. The second-order valence-electron chi connectivity index (χ2n) is 3.13. The van der Waals surface area contributed by atoms with Crippen molar-refractivity contribution in [2.45, 2.75) is 0 Å². The monoisotopic (exact) mass is 206 g/mol. The van der Waals surface area contributed by atoms with Gasteiger partial charge in [-0.25, -0.2) is 0 Å². The van der Waals surface area contributed by atoms with E-state index < -0.39 is 0 Å². The molecule has 0 aromatic heterocycles. The van der Waals surface area contributed by atoms with Gasteiger partial charge in [0.15, 0.2) is 5.78 Å². The molecule has 15 heavy (non-hydrogen) atoms. The number of methoxy groups -OCH3 is 1. The average Bonchev–Trinajstić information content (AvgIpc) is 2.29. The first-order chi connectivity index (χ1) is 7.26. The number of carbonyl (C=O) groups excluding carboxylic acids is 1. The van der Waals surface area contributed by atoms with E-state index in [9.17, 15) is 4.79 Å². The maximum Gasteiger partial charge on any atom is 0.199 e. The first-order valence-electron chi connectivity index (χ1n) is 4.45. The zero-order chi connectivity index (χ0) is 10.8. The lowest BCUT2D eigenvalue weighted by Crippen LogP contribution is -2.19. The summed E-state index contributed by atoms with van der Waals surface area (Å²) >= 11 is 0. The number of ether oxygens (including phenoxy) is 2. The second kappa shape index (κ2) is 3.65. The molecule has 0 saturated heterocycles. The number of Topliss-reactive ketones (excluding diaryl/α,β-unsaturated/α-hetero) is 1. The van der Waals surface area contributed by atoms with Crippen molar-refractivity contribution in [3.8, 4) is 11.5 Å². The third-order valence-corrected chi connectivity index (χ3v) is 2.26. The lowest BCUT2D eigenvalue weighted by molar-refractivity contribution is 0.0995. The molecule has 0 unspecified atom stereocenters. The normalized spacial score (nSPS) is 17.1. The van der Waals surface area contributed by atoms with Gasteiger partial charge in [0.2, 0.25) is 0 Å². The van der Waals surface area contributed by atoms with Crippen molar-refractivity contribution in [3.05, 3.63) is 35.6 Å². The highest BCUT2D eigenvalue weighted by Crippen LogP contribution is 2.30. The molecular weight excluding hydrogens is 196 g/mol. The Kier molecular flexibility index (Phi) is 2.33. The summed E-state index contributed by atoms with van der Waals surface area (Å²) in [4.78, 5) is 11.7. The number of hydrogen-bond acceptors (Lipinski definition) is 4. The molecule has 0 radical (unpaired) electrons. The lowest BCUT2D eigenvalue weighted by Gasteiger charge is -2.18. The van der Waals surface area contributed by atoms with Gasteiger partial charge in [-0.1, -0.05) is 0 Å². The Morgan fingerprint density at radius 1 is 1.53 bits per heavy atom. The van der Waals surface area contributed by atoms with Gasteiger partial charge < -0.3 is 14.6 Å². The molecule has 0 fully saturated rings. The number of benzene rings is 1. The largest absolute Gasteiger partial charge is 0.515 e. The van der Waals surface area contributed by atoms with Gasteiger partial charge in [0.25, 0.3) is 0 Å². The van der Waals surface area contributed by atoms with Crippen LogP contribution in [0.2, 0.25) is 0 Å². The van der Waals surface area contributed by atoms with Crippen molar-refractivity contribution in [1.82, 2.24) is 0 Å². The molecule has 1 aromatic carbocycles. The van der Waals surface area contributed by atoms with E-state index in [1.54, 1.807) is 25.3 Å². The minimum Gasteiger partial charge on any atom is -0.515 e. The zero-order valence-corrected chi connectivity index (χ0v) is 8.19. The van der Waals surface area contributed by atoms with Crippen LogP contribution in [0.3, 0.4) is 0 Å². The number of ketones is 1. The fraction of sp³-hybridized carbons (Fsp3) is 0.182. The number of aliphatic hydroxyl groups excluding tert-OH is 1. The molecule has 78 valence electrons. The Morgan fingerprint density at radius 2 is 2.33 bits per heavy atom. The highest BCUT2D eigenvalue weighted by atomic mass is 16.5. The van der Waals surface area contributed by atoms with Gasteiger partial charge in [0.05, 0.1) is 24.5 Å². The van der Waals surface area contributed by atoms with Crippen LogP contribution in [0.15, 0.2) is 30.0 Å². The minimum absolute atomic E-state index is 0.0928. The van der Waals surface area contributed by atoms with E-state index >= 15 is 0 Å². The summed E-state index contributed by atoms with van der Waals surface area (Å²) in [5.41, 5.74) is 0.704. The van der Waals surface area contributed by atoms with E-state index in [2.05, 4.69) is 0 Å². The Hall–Kier alpha value is -1.97. The molecular formula is C11H10O4. The van der Waals surface area contributed by atoms with E-state index in [4.69, 9.17) is 14.6 Å². The number of aliphatic hydroxyl groups is 1. The molecule has 0 amide bonds. The van der Waals surface area contributed by atoms with Gasteiger partial charge in [0, 0.05) is 6.07 Å². The molecule has 4 nitrogen and oxygen atoms in total. The van der Waals surface area contributed by atoms with Crippen LogP contribution in [0.1, 0.15) is 10.4 Å². The molecule has 0 saturated carbocycles. The zero-order valence-electron chi connectivity index (χ0n) is 8.19. The van der Waals surface area contributed by atoms with E-state index in [1.165, 1.54) is 0 Å². The van der Waals surface area contributed by atoms with Gasteiger partial charge >= 0.3 is 0 Å². The molecule has 1 heterocycles. The number of hydrogen-bond donors (Lipinski definition) is 1. The van der Waals surface area contributed by atoms with Crippen LogP contribution in [-0.2, 0) is 0 Å². The molecule has 1 aromatic rings. The summed E-state index contributed by atoms with van der Waals surface area (Å²) in [6, 6.07) is 4.96. The molecule has 1 aliphatic rings. The Balaban J connectivity index is 2.46. The van der Waals surface area contributed by atoms with Crippen LogP contribution in [0.4, 0.5) is 0 Å². The van der Waals surface area contributed by atoms with Crippen molar-refractivity contribution >= 4 is 5.78 Å². The first-order valence-corrected chi connectivity index (χ1v) is 4.45. The number of fused-ring (bicyclic) bond motifs is 1. The molecule has 0 atom stereocenters. The summed E-state index contributed by atoms with van der Waals surface area (Å²) in [6.07, 6.45) is 0.787. The highest BCUT2D eigenvalue weighted by Gasteiger charge is 2.23. The summed E-state index contributed by atoms with van der Waals surface area (Å²) in [5.74, 6) is 0.921. The van der Waals surface area contributed by atoms with E-state index in [0.29, 0.717) is 17.1 Å². The van der Waals surface area contributed by atoms with Gasteiger partial charge in [-0.2, -0.15) is 0 Å². The van der Waals surface area contributed by atoms with Crippen LogP contribution in [0.5, 0.6) is 11.5 Å². The molecule has 0 aliphatic carbocycles. The van der Waals surface area contributed by atoms with Gasteiger partial charge in [-0.15, -0.1) is 0 Å². The molecule has 2 rings (SSSR count). The van der Waals surface area contributed by atoms with Crippen LogP contribution in [0.25, 0.3) is 0 Å². The Bertz CT molecular complexity index is 434. The van der Waals surface area contributed by atoms with Crippen molar-refractivity contribution in [2.75, 3.05) is 13.7 Å². The molecule has 0 spiro atoms. The quantitative estimate of drug-likeness (QED) is 0.561. The summed E-state index contributed by atoms with van der Waals surface area (Å²) < 4.78 is 10.3. The predicted molar refractivity (Wildman–Crippen MR) is 53.5 cm³/mol. The maximum atomic E-state index is 11.7. The average molecular weight is 206 g/mol. The van der Waals surface area contributed by atoms with Crippen molar-refractivity contribution in [1.29, 1.82) is 0 Å². The highest BCUT2D eigenvalue weighted by molar-refractivity contribution is 6.11. The van der Waals surface area contributed by atoms with Gasteiger partial charge in [-0.3, -0.25) is 4.79 Å². The number of rotatable bonds is 1. The van der Waals surface area contributed by atoms with Crippen LogP contribution in [0, 0.1) is 0 Å². The molecule has 1 aliphatic heterocycles. The molecule has 4 heteroatoms. The van der Waals surface area contributed by atoms with Crippen molar-refractivity contribution in [2.24, 2.45) is 0 Å². The molecule has 1 N–H and O–H groups in total. The fourth-order valence-corrected chi connectivity index (χ4v) is 1.43. The van der Waals surface area contributed by atoms with Gasteiger partial charge in [-0.05, 0) is 12.1 Å². The summed E-state index contributed by atoms with van der Waals surface area (Å²) in [5, 5.41) is 8.80. The maximum absolute atomic E-state index is 11.7. The predicted octanol–water partition coefficient (Wildman–Crippen LogP) is 1.71. The second-order valence-corrected chi connectivity index (χ2v) is 3.13. The van der Waals surface area contributed by atoms with Crippen LogP contribution < -0.4 is 9.47 Å². The molecule has 0 bridgehead atoms. The smallest absolute Gasteiger partial charge is 0.199 e. The third-order valence-electron chi connectivity index (χ3n) is 2.26. The minimum atomic E-state index is -0.207. The van der Waals surface area contributed by atoms with Crippen molar-refractivity contribution in [3.63, 3.8) is 0 Å². The van der Waals surface area contributed by atoms with Gasteiger partial charge in [0.1, 0.15) is 18.1 Å². The summed E-state index contributed by atoms with van der Waals surface area (Å²) in [6.45, 7) is 0.0928. The topological polar surface area (TPSA) is 55.8 Å². The third kappa shape index (κ3) is 1.54. The van der Waals surface area contributed by atoms with Crippen molar-refractivity contribution < 1.29 is 19.4 Å². The van der Waals surface area contributed by atoms with E-state index in [-0.39, 0.29) is 18.0 Å². The summed E-state index contributed by atoms with van der Waals surface area (Å²) in [7, 11) is 1.55.